The lowest BCUT2D eigenvalue weighted by molar-refractivity contribution is 0.108. The van der Waals surface area contributed by atoms with Crippen molar-refractivity contribution in [1.29, 1.82) is 0 Å². The minimum Gasteiger partial charge on any atom is -0.275 e. The molecule has 15 heavy (non-hydrogen) atoms. The predicted molar refractivity (Wildman–Crippen MR) is 61.9 cm³/mol. The van der Waals surface area contributed by atoms with Crippen LogP contribution < -0.4 is 0 Å². The van der Waals surface area contributed by atoms with E-state index < -0.39 is 5.24 Å². The first-order valence-electron chi connectivity index (χ1n) is 4.03. The molecule has 0 fully saturated rings. The quantitative estimate of drug-likeness (QED) is 0.574. The average molecular weight is 261 g/mol. The highest BCUT2D eigenvalue weighted by molar-refractivity contribution is 6.68. The molecule has 0 aliphatic heterocycles. The van der Waals surface area contributed by atoms with E-state index >= 15 is 0 Å². The second-order valence-corrected chi connectivity index (χ2v) is 4.08. The summed E-state index contributed by atoms with van der Waals surface area (Å²) >= 11 is 16.9. The van der Waals surface area contributed by atoms with Crippen molar-refractivity contribution >= 4 is 50.9 Å². The van der Waals surface area contributed by atoms with E-state index in [-0.39, 0.29) is 10.7 Å². The van der Waals surface area contributed by atoms with Crippen LogP contribution in [0.3, 0.4) is 0 Å². The van der Waals surface area contributed by atoms with Crippen molar-refractivity contribution in [2.45, 2.75) is 0 Å². The number of aromatic nitrogens is 1. The molecule has 2 nitrogen and oxygen atoms in total. The molecule has 0 saturated carbocycles. The summed E-state index contributed by atoms with van der Waals surface area (Å²) in [5.41, 5.74) is 0.835. The van der Waals surface area contributed by atoms with Crippen LogP contribution in [0, 0.1) is 0 Å². The van der Waals surface area contributed by atoms with Crippen LogP contribution in [0.15, 0.2) is 24.3 Å². The molecule has 0 spiro atoms. The van der Waals surface area contributed by atoms with Crippen LogP contribution >= 0.6 is 34.8 Å². The number of halogens is 3. The number of rotatable bonds is 1. The van der Waals surface area contributed by atoms with E-state index in [9.17, 15) is 4.79 Å². The maximum absolute atomic E-state index is 11.0. The Kier molecular flexibility index (Phi) is 2.83. The molecule has 0 bridgehead atoms. The normalized spacial score (nSPS) is 10.6. The molecule has 0 radical (unpaired) electrons. The van der Waals surface area contributed by atoms with Crippen molar-refractivity contribution in [3.05, 3.63) is 40.0 Å². The molecule has 0 unspecified atom stereocenters. The second kappa shape index (κ2) is 3.97. The lowest BCUT2D eigenvalue weighted by atomic mass is 10.2. The Hall–Kier alpha value is -0.830. The summed E-state index contributed by atoms with van der Waals surface area (Å²) in [6.07, 6.45) is 0. The van der Waals surface area contributed by atoms with E-state index in [4.69, 9.17) is 34.8 Å². The Bertz CT molecular complexity index is 554. The number of carbonyl (C=O) groups is 1. The van der Waals surface area contributed by atoms with Gasteiger partial charge in [0, 0.05) is 10.4 Å². The van der Waals surface area contributed by atoms with Gasteiger partial charge in [0.2, 0.25) is 0 Å². The number of hydrogen-bond donors (Lipinski definition) is 0. The monoisotopic (exact) mass is 259 g/mol. The van der Waals surface area contributed by atoms with Gasteiger partial charge in [-0.1, -0.05) is 29.3 Å². The molecular formula is C10H4Cl3NO. The highest BCUT2D eigenvalue weighted by Crippen LogP contribution is 2.24. The number of fused-ring (bicyclic) bond motifs is 1. The fourth-order valence-corrected chi connectivity index (χ4v) is 1.84. The van der Waals surface area contributed by atoms with Gasteiger partial charge in [-0.15, -0.1) is 0 Å². The second-order valence-electron chi connectivity index (χ2n) is 2.94. The van der Waals surface area contributed by atoms with Crippen molar-refractivity contribution in [1.82, 2.24) is 4.98 Å². The van der Waals surface area contributed by atoms with Crippen LogP contribution in [0.25, 0.3) is 10.9 Å². The van der Waals surface area contributed by atoms with Gasteiger partial charge in [-0.3, -0.25) is 4.79 Å². The third-order valence-corrected chi connectivity index (χ3v) is 2.67. The molecule has 76 valence electrons. The lowest BCUT2D eigenvalue weighted by Crippen LogP contribution is -1.93. The molecule has 1 heterocycles. The molecular weight excluding hydrogens is 256 g/mol. The van der Waals surface area contributed by atoms with Crippen LogP contribution in [0.2, 0.25) is 10.2 Å². The molecule has 1 aromatic carbocycles. The van der Waals surface area contributed by atoms with Gasteiger partial charge in [0.05, 0.1) is 11.1 Å². The van der Waals surface area contributed by atoms with Gasteiger partial charge in [-0.25, -0.2) is 4.98 Å². The van der Waals surface area contributed by atoms with Gasteiger partial charge < -0.3 is 0 Å². The average Bonchev–Trinajstić information content (AvgIpc) is 2.15. The van der Waals surface area contributed by atoms with Crippen LogP contribution in [-0.2, 0) is 0 Å². The molecule has 0 N–H and O–H groups in total. The molecule has 2 aromatic rings. The smallest absolute Gasteiger partial charge is 0.255 e. The summed E-state index contributed by atoms with van der Waals surface area (Å²) in [7, 11) is 0. The maximum atomic E-state index is 11.0. The molecule has 0 amide bonds. The van der Waals surface area contributed by atoms with Crippen LogP contribution in [0.1, 0.15) is 10.4 Å². The van der Waals surface area contributed by atoms with E-state index in [0.29, 0.717) is 10.5 Å². The first kappa shape index (κ1) is 10.7. The summed E-state index contributed by atoms with van der Waals surface area (Å²) in [6.45, 7) is 0. The van der Waals surface area contributed by atoms with Crippen molar-refractivity contribution in [2.75, 3.05) is 0 Å². The number of pyridine rings is 1. The van der Waals surface area contributed by atoms with Crippen molar-refractivity contribution < 1.29 is 4.79 Å². The molecule has 5 heteroatoms. The third-order valence-electron chi connectivity index (χ3n) is 1.94. The molecule has 2 rings (SSSR count). The first-order chi connectivity index (χ1) is 7.08. The van der Waals surface area contributed by atoms with Gasteiger partial charge in [-0.05, 0) is 29.8 Å². The van der Waals surface area contributed by atoms with Gasteiger partial charge >= 0.3 is 0 Å². The predicted octanol–water partition coefficient (Wildman–Crippen LogP) is 3.92. The van der Waals surface area contributed by atoms with E-state index in [0.717, 1.165) is 5.39 Å². The summed E-state index contributed by atoms with van der Waals surface area (Å²) in [6, 6.07) is 6.73. The van der Waals surface area contributed by atoms with Gasteiger partial charge in [0.1, 0.15) is 5.15 Å². The zero-order valence-corrected chi connectivity index (χ0v) is 9.57. The van der Waals surface area contributed by atoms with E-state index in [2.05, 4.69) is 4.98 Å². The van der Waals surface area contributed by atoms with Gasteiger partial charge in [0.15, 0.2) is 0 Å². The van der Waals surface area contributed by atoms with Crippen LogP contribution in [0.4, 0.5) is 0 Å². The SMILES string of the molecule is O=C(Cl)c1cc2ccc(Cl)cc2nc1Cl. The number of hydrogen-bond acceptors (Lipinski definition) is 2. The molecule has 0 saturated heterocycles. The highest BCUT2D eigenvalue weighted by atomic mass is 35.5. The molecule has 1 aromatic heterocycles. The van der Waals surface area contributed by atoms with Crippen molar-refractivity contribution in [2.24, 2.45) is 0 Å². The first-order valence-corrected chi connectivity index (χ1v) is 5.17. The van der Waals surface area contributed by atoms with Crippen molar-refractivity contribution in [3.8, 4) is 0 Å². The Labute approximate surface area is 101 Å². The van der Waals surface area contributed by atoms with Crippen molar-refractivity contribution in [3.63, 3.8) is 0 Å². The lowest BCUT2D eigenvalue weighted by Gasteiger charge is -2.02. The van der Waals surface area contributed by atoms with Crippen LogP contribution in [0.5, 0.6) is 0 Å². The minimum absolute atomic E-state index is 0.0877. The largest absolute Gasteiger partial charge is 0.275 e. The fraction of sp³-hybridized carbons (Fsp3) is 0. The maximum Gasteiger partial charge on any atom is 0.255 e. The molecule has 0 aliphatic rings. The third kappa shape index (κ3) is 2.07. The molecule has 0 atom stereocenters. The summed E-state index contributed by atoms with van der Waals surface area (Å²) in [4.78, 5) is 15.0. The Morgan fingerprint density at radius 3 is 2.60 bits per heavy atom. The zero-order chi connectivity index (χ0) is 11.0. The Morgan fingerprint density at radius 2 is 1.93 bits per heavy atom. The highest BCUT2D eigenvalue weighted by Gasteiger charge is 2.10. The number of nitrogens with zero attached hydrogens (tertiary/aromatic N) is 1. The number of benzene rings is 1. The van der Waals surface area contributed by atoms with E-state index in [1.54, 1.807) is 24.3 Å². The number of carbonyl (C=O) groups excluding carboxylic acids is 1. The molecule has 0 aliphatic carbocycles. The summed E-state index contributed by atoms with van der Waals surface area (Å²) in [5.74, 6) is 0. The minimum atomic E-state index is -0.621. The van der Waals surface area contributed by atoms with E-state index in [1.807, 2.05) is 0 Å². The standard InChI is InChI=1S/C10H4Cl3NO/c11-6-2-1-5-3-7(10(13)15)9(12)14-8(5)4-6/h1-4H. The fourth-order valence-electron chi connectivity index (χ4n) is 1.25. The van der Waals surface area contributed by atoms with Crippen LogP contribution in [-0.4, -0.2) is 10.2 Å². The summed E-state index contributed by atoms with van der Waals surface area (Å²) in [5, 5.41) is 0.804. The topological polar surface area (TPSA) is 30.0 Å². The Morgan fingerprint density at radius 1 is 1.20 bits per heavy atom. The summed E-state index contributed by atoms with van der Waals surface area (Å²) < 4.78 is 0. The Balaban J connectivity index is 2.76. The van der Waals surface area contributed by atoms with Gasteiger partial charge in [-0.2, -0.15) is 0 Å². The van der Waals surface area contributed by atoms with E-state index in [1.165, 1.54) is 0 Å². The zero-order valence-electron chi connectivity index (χ0n) is 7.30. The van der Waals surface area contributed by atoms with Gasteiger partial charge in [0.25, 0.3) is 5.24 Å².